The van der Waals surface area contributed by atoms with Crippen molar-refractivity contribution in [1.29, 1.82) is 0 Å². The lowest BCUT2D eigenvalue weighted by atomic mass is 10.1. The van der Waals surface area contributed by atoms with E-state index in [0.717, 1.165) is 12.2 Å². The van der Waals surface area contributed by atoms with E-state index in [4.69, 9.17) is 4.74 Å². The van der Waals surface area contributed by atoms with E-state index in [2.05, 4.69) is 11.3 Å². The van der Waals surface area contributed by atoms with Crippen molar-refractivity contribution >= 4 is 17.7 Å². The van der Waals surface area contributed by atoms with Crippen molar-refractivity contribution in [3.8, 4) is 0 Å². The van der Waals surface area contributed by atoms with Gasteiger partial charge >= 0.3 is 11.9 Å². The zero-order chi connectivity index (χ0) is 12.6. The van der Waals surface area contributed by atoms with Crippen molar-refractivity contribution in [3.05, 3.63) is 24.8 Å². The standard InChI is InChI=1S/C11H14O5/c1-4-9(12)8(2)11(14)16-7-5-6-10(13)15-3/h4-6,8H,1,7H2,2-3H3/b6-5+. The van der Waals surface area contributed by atoms with Gasteiger partial charge in [-0.2, -0.15) is 0 Å². The molecule has 1 unspecified atom stereocenters. The lowest BCUT2D eigenvalue weighted by molar-refractivity contribution is -0.149. The summed E-state index contributed by atoms with van der Waals surface area (Å²) >= 11 is 0. The number of esters is 2. The number of ketones is 1. The molecule has 0 spiro atoms. The predicted molar refractivity (Wildman–Crippen MR) is 56.5 cm³/mol. The number of allylic oxidation sites excluding steroid dienone is 1. The van der Waals surface area contributed by atoms with Crippen LogP contribution in [0.4, 0.5) is 0 Å². The molecule has 0 saturated heterocycles. The van der Waals surface area contributed by atoms with Crippen LogP contribution in [0, 0.1) is 5.92 Å². The number of carbonyl (C=O) groups excluding carboxylic acids is 3. The molecule has 16 heavy (non-hydrogen) atoms. The topological polar surface area (TPSA) is 69.7 Å². The van der Waals surface area contributed by atoms with E-state index < -0.39 is 23.6 Å². The third kappa shape index (κ3) is 5.09. The third-order valence-electron chi connectivity index (χ3n) is 1.76. The molecule has 0 aliphatic carbocycles. The maximum atomic E-state index is 11.2. The van der Waals surface area contributed by atoms with Gasteiger partial charge in [-0.25, -0.2) is 4.79 Å². The molecule has 0 heterocycles. The lowest BCUT2D eigenvalue weighted by Gasteiger charge is -2.06. The van der Waals surface area contributed by atoms with Crippen LogP contribution in [-0.4, -0.2) is 31.4 Å². The minimum Gasteiger partial charge on any atom is -0.466 e. The molecule has 0 aromatic carbocycles. The second-order valence-corrected chi connectivity index (χ2v) is 2.88. The molecule has 0 aliphatic heterocycles. The van der Waals surface area contributed by atoms with Crippen LogP contribution in [0.15, 0.2) is 24.8 Å². The molecular formula is C11H14O5. The number of hydrogen-bond donors (Lipinski definition) is 0. The Hall–Kier alpha value is -1.91. The van der Waals surface area contributed by atoms with Gasteiger partial charge in [0.2, 0.25) is 0 Å². The van der Waals surface area contributed by atoms with Gasteiger partial charge in [-0.3, -0.25) is 9.59 Å². The number of rotatable bonds is 6. The Kier molecular flexibility index (Phi) is 6.51. The number of ether oxygens (including phenoxy) is 2. The molecule has 5 nitrogen and oxygen atoms in total. The second-order valence-electron chi connectivity index (χ2n) is 2.88. The van der Waals surface area contributed by atoms with Crippen molar-refractivity contribution < 1.29 is 23.9 Å². The Bertz CT molecular complexity index is 316. The Morgan fingerprint density at radius 1 is 1.38 bits per heavy atom. The summed E-state index contributed by atoms with van der Waals surface area (Å²) < 4.78 is 9.05. The van der Waals surface area contributed by atoms with Crippen molar-refractivity contribution in [3.63, 3.8) is 0 Å². The monoisotopic (exact) mass is 226 g/mol. The molecule has 0 aromatic heterocycles. The van der Waals surface area contributed by atoms with Crippen LogP contribution < -0.4 is 0 Å². The fourth-order valence-corrected chi connectivity index (χ4v) is 0.761. The van der Waals surface area contributed by atoms with E-state index >= 15 is 0 Å². The predicted octanol–water partition coefficient (Wildman–Crippen LogP) is 0.650. The molecule has 0 radical (unpaired) electrons. The molecule has 0 N–H and O–H groups in total. The second kappa shape index (κ2) is 7.39. The highest BCUT2D eigenvalue weighted by atomic mass is 16.5. The van der Waals surface area contributed by atoms with Gasteiger partial charge in [0.05, 0.1) is 7.11 Å². The minimum atomic E-state index is -0.871. The highest BCUT2D eigenvalue weighted by molar-refractivity contribution is 6.04. The summed E-state index contributed by atoms with van der Waals surface area (Å²) in [6, 6.07) is 0. The van der Waals surface area contributed by atoms with E-state index in [0.29, 0.717) is 0 Å². The molecule has 0 rings (SSSR count). The van der Waals surface area contributed by atoms with Crippen LogP contribution in [-0.2, 0) is 23.9 Å². The smallest absolute Gasteiger partial charge is 0.330 e. The molecule has 0 aromatic rings. The average molecular weight is 226 g/mol. The molecule has 5 heteroatoms. The average Bonchev–Trinajstić information content (AvgIpc) is 2.31. The molecule has 0 aliphatic rings. The summed E-state index contributed by atoms with van der Waals surface area (Å²) in [5.74, 6) is -2.46. The van der Waals surface area contributed by atoms with E-state index in [1.165, 1.54) is 20.1 Å². The maximum Gasteiger partial charge on any atom is 0.330 e. The molecule has 0 fully saturated rings. The molecular weight excluding hydrogens is 212 g/mol. The van der Waals surface area contributed by atoms with Crippen molar-refractivity contribution in [2.24, 2.45) is 5.92 Å². The van der Waals surface area contributed by atoms with Crippen LogP contribution >= 0.6 is 0 Å². The van der Waals surface area contributed by atoms with Gasteiger partial charge in [-0.05, 0) is 19.1 Å². The van der Waals surface area contributed by atoms with Crippen LogP contribution in [0.5, 0.6) is 0 Å². The largest absolute Gasteiger partial charge is 0.466 e. The Labute approximate surface area is 93.7 Å². The van der Waals surface area contributed by atoms with E-state index in [-0.39, 0.29) is 6.61 Å². The van der Waals surface area contributed by atoms with E-state index in [9.17, 15) is 14.4 Å². The molecule has 1 atom stereocenters. The summed E-state index contributed by atoms with van der Waals surface area (Å²) in [4.78, 5) is 32.9. The fraction of sp³-hybridized carbons (Fsp3) is 0.364. The Morgan fingerprint density at radius 3 is 2.50 bits per heavy atom. The van der Waals surface area contributed by atoms with Crippen molar-refractivity contribution in [2.75, 3.05) is 13.7 Å². The van der Waals surface area contributed by atoms with Gasteiger partial charge < -0.3 is 9.47 Å². The normalized spacial score (nSPS) is 11.9. The number of hydrogen-bond acceptors (Lipinski definition) is 5. The summed E-state index contributed by atoms with van der Waals surface area (Å²) in [5, 5.41) is 0. The van der Waals surface area contributed by atoms with Crippen LogP contribution in [0.25, 0.3) is 0 Å². The van der Waals surface area contributed by atoms with E-state index in [1.54, 1.807) is 0 Å². The lowest BCUT2D eigenvalue weighted by Crippen LogP contribution is -2.21. The zero-order valence-corrected chi connectivity index (χ0v) is 9.26. The van der Waals surface area contributed by atoms with Crippen LogP contribution in [0.3, 0.4) is 0 Å². The minimum absolute atomic E-state index is 0.0807. The number of carbonyl (C=O) groups is 3. The zero-order valence-electron chi connectivity index (χ0n) is 9.26. The first-order valence-corrected chi connectivity index (χ1v) is 4.60. The summed E-state index contributed by atoms with van der Waals surface area (Å²) in [5.41, 5.74) is 0. The highest BCUT2D eigenvalue weighted by Gasteiger charge is 2.19. The van der Waals surface area contributed by atoms with Crippen molar-refractivity contribution in [1.82, 2.24) is 0 Å². The summed E-state index contributed by atoms with van der Waals surface area (Å²) in [7, 11) is 1.24. The van der Waals surface area contributed by atoms with Gasteiger partial charge in [0, 0.05) is 6.08 Å². The third-order valence-corrected chi connectivity index (χ3v) is 1.76. The van der Waals surface area contributed by atoms with Gasteiger partial charge in [-0.15, -0.1) is 0 Å². The molecule has 0 bridgehead atoms. The van der Waals surface area contributed by atoms with Crippen LogP contribution in [0.2, 0.25) is 0 Å². The van der Waals surface area contributed by atoms with Gasteiger partial charge in [0.1, 0.15) is 12.5 Å². The molecule has 88 valence electrons. The Balaban J connectivity index is 3.99. The van der Waals surface area contributed by atoms with E-state index in [1.807, 2.05) is 0 Å². The first-order valence-electron chi connectivity index (χ1n) is 4.60. The fourth-order valence-electron chi connectivity index (χ4n) is 0.761. The van der Waals surface area contributed by atoms with Gasteiger partial charge in [0.15, 0.2) is 5.78 Å². The quantitative estimate of drug-likeness (QED) is 0.378. The highest BCUT2D eigenvalue weighted by Crippen LogP contribution is 2.01. The van der Waals surface area contributed by atoms with Gasteiger partial charge in [0.25, 0.3) is 0 Å². The molecule has 0 saturated carbocycles. The van der Waals surface area contributed by atoms with Crippen LogP contribution in [0.1, 0.15) is 6.92 Å². The summed E-state index contributed by atoms with van der Waals surface area (Å²) in [6.07, 6.45) is 3.53. The Morgan fingerprint density at radius 2 is 2.00 bits per heavy atom. The maximum absolute atomic E-state index is 11.2. The van der Waals surface area contributed by atoms with Gasteiger partial charge in [-0.1, -0.05) is 6.58 Å². The number of methoxy groups -OCH3 is 1. The molecule has 0 amide bonds. The first kappa shape index (κ1) is 14.1. The SMILES string of the molecule is C=CC(=O)C(C)C(=O)OC/C=C/C(=O)OC. The van der Waals surface area contributed by atoms with Crippen molar-refractivity contribution in [2.45, 2.75) is 6.92 Å². The first-order chi connectivity index (χ1) is 7.52. The summed E-state index contributed by atoms with van der Waals surface area (Å²) in [6.45, 7) is 4.61.